The smallest absolute Gasteiger partial charge is 0.106 e. The molecule has 0 aromatic rings. The molecule has 0 fully saturated rings. The lowest BCUT2D eigenvalue weighted by Crippen LogP contribution is -1.82. The van der Waals surface area contributed by atoms with Crippen molar-refractivity contribution in [1.29, 1.82) is 0 Å². The van der Waals surface area contributed by atoms with Gasteiger partial charge in [-0.25, -0.2) is 0 Å². The molecule has 0 amide bonds. The van der Waals surface area contributed by atoms with Crippen LogP contribution in [0.1, 0.15) is 0 Å². The first-order valence-electron chi connectivity index (χ1n) is 1.93. The van der Waals surface area contributed by atoms with Crippen LogP contribution in [0.3, 0.4) is 0 Å². The monoisotopic (exact) mass is 98.0 g/mol. The van der Waals surface area contributed by atoms with E-state index in [0.29, 0.717) is 0 Å². The fourth-order valence-electron chi connectivity index (χ4n) is 0.346. The van der Waals surface area contributed by atoms with E-state index >= 15 is 0 Å². The maximum absolute atomic E-state index is 4.80. The maximum atomic E-state index is 4.80. The Morgan fingerprint density at radius 2 is 2.14 bits per heavy atom. The summed E-state index contributed by atoms with van der Waals surface area (Å²) < 4.78 is 4.80. The molecule has 0 N–H and O–H groups in total. The van der Waals surface area contributed by atoms with Gasteiger partial charge in [0.15, 0.2) is 0 Å². The minimum Gasteiger partial charge on any atom is -0.497 e. The fraction of sp³-hybridized carbons (Fsp3) is 0.200. The SMILES string of the molecule is C1=CCOC=C1.[O]. The molecule has 38 valence electrons. The van der Waals surface area contributed by atoms with Gasteiger partial charge < -0.3 is 4.74 Å². The summed E-state index contributed by atoms with van der Waals surface area (Å²) in [4.78, 5) is 0. The van der Waals surface area contributed by atoms with Gasteiger partial charge in [-0.3, -0.25) is 0 Å². The number of hydrogen-bond acceptors (Lipinski definition) is 1. The number of hydrogen-bond donors (Lipinski definition) is 0. The fourth-order valence-corrected chi connectivity index (χ4v) is 0.346. The van der Waals surface area contributed by atoms with Gasteiger partial charge in [0.1, 0.15) is 6.61 Å². The molecular formula is C5H6O2. The van der Waals surface area contributed by atoms with Gasteiger partial charge in [-0.05, 0) is 12.2 Å². The molecule has 0 unspecified atom stereocenters. The van der Waals surface area contributed by atoms with E-state index in [-0.39, 0.29) is 5.48 Å². The van der Waals surface area contributed by atoms with Crippen LogP contribution in [0.2, 0.25) is 0 Å². The molecule has 2 heteroatoms. The summed E-state index contributed by atoms with van der Waals surface area (Å²) in [5.74, 6) is 0. The average Bonchev–Trinajstić information content (AvgIpc) is 1.72. The second-order valence-electron chi connectivity index (χ2n) is 1.09. The van der Waals surface area contributed by atoms with Crippen LogP contribution in [-0.4, -0.2) is 6.61 Å². The molecule has 7 heavy (non-hydrogen) atoms. The van der Waals surface area contributed by atoms with Crippen molar-refractivity contribution >= 4 is 0 Å². The van der Waals surface area contributed by atoms with Crippen LogP contribution in [0, 0.1) is 0 Å². The van der Waals surface area contributed by atoms with Gasteiger partial charge >= 0.3 is 0 Å². The Morgan fingerprint density at radius 3 is 2.29 bits per heavy atom. The molecular weight excluding hydrogens is 92.1 g/mol. The van der Waals surface area contributed by atoms with Gasteiger partial charge in [-0.2, -0.15) is 0 Å². The molecule has 0 atom stereocenters. The number of allylic oxidation sites excluding steroid dienone is 2. The minimum atomic E-state index is 0. The van der Waals surface area contributed by atoms with E-state index in [1.54, 1.807) is 6.26 Å². The molecule has 1 aliphatic heterocycles. The first-order chi connectivity index (χ1) is 3.00. The van der Waals surface area contributed by atoms with E-state index in [0.717, 1.165) is 6.61 Å². The average molecular weight is 98.1 g/mol. The van der Waals surface area contributed by atoms with E-state index in [1.165, 1.54) is 0 Å². The number of ether oxygens (including phenoxy) is 1. The third kappa shape index (κ3) is 2.00. The van der Waals surface area contributed by atoms with Crippen LogP contribution in [0.5, 0.6) is 0 Å². The van der Waals surface area contributed by atoms with Crippen molar-refractivity contribution in [1.82, 2.24) is 0 Å². The van der Waals surface area contributed by atoms with E-state index in [1.807, 2.05) is 18.2 Å². The molecule has 0 aromatic carbocycles. The third-order valence-corrected chi connectivity index (χ3v) is 0.614. The van der Waals surface area contributed by atoms with E-state index in [2.05, 4.69) is 0 Å². The summed E-state index contributed by atoms with van der Waals surface area (Å²) in [6.07, 6.45) is 7.47. The van der Waals surface area contributed by atoms with Gasteiger partial charge in [0.25, 0.3) is 0 Å². The van der Waals surface area contributed by atoms with Crippen molar-refractivity contribution in [3.63, 3.8) is 0 Å². The van der Waals surface area contributed by atoms with Crippen molar-refractivity contribution in [2.45, 2.75) is 0 Å². The Balaban J connectivity index is 0.000000360. The molecule has 0 bridgehead atoms. The van der Waals surface area contributed by atoms with Crippen molar-refractivity contribution in [3.8, 4) is 0 Å². The molecule has 1 rings (SSSR count). The van der Waals surface area contributed by atoms with Crippen molar-refractivity contribution in [2.75, 3.05) is 6.61 Å². The standard InChI is InChI=1S/C5H6O.O/c1-2-4-6-5-3-1;/h1-4H,5H2;. The quantitative estimate of drug-likeness (QED) is 0.444. The van der Waals surface area contributed by atoms with Crippen LogP contribution in [-0.2, 0) is 10.2 Å². The van der Waals surface area contributed by atoms with Crippen LogP contribution < -0.4 is 0 Å². The molecule has 2 nitrogen and oxygen atoms in total. The van der Waals surface area contributed by atoms with E-state index in [4.69, 9.17) is 4.74 Å². The first kappa shape index (κ1) is 6.24. The normalized spacial score (nSPS) is 14.9. The van der Waals surface area contributed by atoms with Crippen molar-refractivity contribution in [2.24, 2.45) is 0 Å². The van der Waals surface area contributed by atoms with Gasteiger partial charge in [0, 0.05) is 5.48 Å². The molecule has 0 aliphatic carbocycles. The first-order valence-corrected chi connectivity index (χ1v) is 1.93. The molecule has 0 spiro atoms. The summed E-state index contributed by atoms with van der Waals surface area (Å²) >= 11 is 0. The van der Waals surface area contributed by atoms with Crippen LogP contribution in [0.25, 0.3) is 0 Å². The van der Waals surface area contributed by atoms with Gasteiger partial charge in [0.2, 0.25) is 0 Å². The highest BCUT2D eigenvalue weighted by atomic mass is 16.5. The van der Waals surface area contributed by atoms with Crippen LogP contribution >= 0.6 is 0 Å². The predicted molar refractivity (Wildman–Crippen MR) is 24.9 cm³/mol. The van der Waals surface area contributed by atoms with Crippen molar-refractivity contribution in [3.05, 3.63) is 24.5 Å². The Kier molecular flexibility index (Phi) is 3.06. The lowest BCUT2D eigenvalue weighted by molar-refractivity contribution is 0.286. The molecule has 2 radical (unpaired) electrons. The lowest BCUT2D eigenvalue weighted by atomic mass is 10.5. The Morgan fingerprint density at radius 1 is 1.29 bits per heavy atom. The minimum absolute atomic E-state index is 0. The zero-order valence-electron chi connectivity index (χ0n) is 3.83. The topological polar surface area (TPSA) is 37.7 Å². The summed E-state index contributed by atoms with van der Waals surface area (Å²) in [5.41, 5.74) is 0. The molecule has 0 saturated carbocycles. The van der Waals surface area contributed by atoms with Gasteiger partial charge in [-0.1, -0.05) is 6.08 Å². The molecule has 1 aliphatic rings. The van der Waals surface area contributed by atoms with Crippen LogP contribution in [0.4, 0.5) is 0 Å². The summed E-state index contributed by atoms with van der Waals surface area (Å²) in [6, 6.07) is 0. The Labute approximate surface area is 42.4 Å². The highest BCUT2D eigenvalue weighted by Gasteiger charge is 1.75. The molecule has 0 saturated heterocycles. The molecule has 1 heterocycles. The zero-order valence-corrected chi connectivity index (χ0v) is 3.83. The van der Waals surface area contributed by atoms with E-state index in [9.17, 15) is 0 Å². The summed E-state index contributed by atoms with van der Waals surface area (Å²) in [7, 11) is 0. The zero-order chi connectivity index (χ0) is 4.24. The number of rotatable bonds is 0. The Hall–Kier alpha value is -0.760. The van der Waals surface area contributed by atoms with Crippen LogP contribution in [0.15, 0.2) is 24.5 Å². The molecule has 0 aromatic heterocycles. The second kappa shape index (κ2) is 3.43. The highest BCUT2D eigenvalue weighted by Crippen LogP contribution is 1.87. The predicted octanol–water partition coefficient (Wildman–Crippen LogP) is 0.968. The highest BCUT2D eigenvalue weighted by molar-refractivity contribution is 5.02. The lowest BCUT2D eigenvalue weighted by Gasteiger charge is -1.94. The van der Waals surface area contributed by atoms with Gasteiger partial charge in [0.05, 0.1) is 6.26 Å². The largest absolute Gasteiger partial charge is 0.497 e. The Bertz CT molecular complexity index is 72.1. The summed E-state index contributed by atoms with van der Waals surface area (Å²) in [5, 5.41) is 0. The van der Waals surface area contributed by atoms with E-state index < -0.39 is 0 Å². The second-order valence-corrected chi connectivity index (χ2v) is 1.09. The van der Waals surface area contributed by atoms with Gasteiger partial charge in [-0.15, -0.1) is 0 Å². The van der Waals surface area contributed by atoms with Crippen molar-refractivity contribution < 1.29 is 10.2 Å². The maximum Gasteiger partial charge on any atom is 0.106 e. The third-order valence-electron chi connectivity index (χ3n) is 0.614. The summed E-state index contributed by atoms with van der Waals surface area (Å²) in [6.45, 7) is 0.733.